The van der Waals surface area contributed by atoms with Crippen molar-refractivity contribution in [1.29, 1.82) is 0 Å². The molecule has 0 aromatic heterocycles. The third kappa shape index (κ3) is 5.96. The maximum absolute atomic E-state index is 11.4. The summed E-state index contributed by atoms with van der Waals surface area (Å²) in [5, 5.41) is 18.6. The lowest BCUT2D eigenvalue weighted by molar-refractivity contribution is -0.148. The van der Waals surface area contributed by atoms with Crippen LogP contribution in [0.4, 0.5) is 11.4 Å². The zero-order valence-corrected chi connectivity index (χ0v) is 20.9. The van der Waals surface area contributed by atoms with Crippen LogP contribution in [0.15, 0.2) is 52.3 Å². The summed E-state index contributed by atoms with van der Waals surface area (Å²) in [4.78, 5) is 14.2. The zero-order valence-electron chi connectivity index (χ0n) is 19.2. The number of unbranched alkanes of at least 4 members (excludes halogenated alkanes) is 1. The highest BCUT2D eigenvalue weighted by Gasteiger charge is 2.40. The highest BCUT2D eigenvalue weighted by atomic mass is 32.3. The molecular formula is C24H33NO6S2. The van der Waals surface area contributed by atoms with Crippen molar-refractivity contribution < 1.29 is 28.8 Å². The van der Waals surface area contributed by atoms with Crippen LogP contribution in [0.1, 0.15) is 33.1 Å². The number of ether oxygens (including phenoxy) is 1. The lowest BCUT2D eigenvalue weighted by Gasteiger charge is -2.39. The number of hydrogen-bond acceptors (Lipinski definition) is 7. The van der Waals surface area contributed by atoms with Gasteiger partial charge in [-0.15, -0.1) is 11.8 Å². The first-order valence-corrected chi connectivity index (χ1v) is 13.9. The number of fused-ring (bicyclic) bond motifs is 1. The van der Waals surface area contributed by atoms with Gasteiger partial charge in [-0.25, -0.2) is 4.79 Å². The van der Waals surface area contributed by atoms with E-state index in [-0.39, 0.29) is 11.2 Å². The summed E-state index contributed by atoms with van der Waals surface area (Å²) in [5.41, 5.74) is 1.33. The second-order valence-corrected chi connectivity index (χ2v) is 11.7. The van der Waals surface area contributed by atoms with Gasteiger partial charge < -0.3 is 19.8 Å². The molecule has 33 heavy (non-hydrogen) atoms. The number of benzene rings is 2. The maximum Gasteiger partial charge on any atom is 0.336 e. The van der Waals surface area contributed by atoms with Crippen LogP contribution < -0.4 is 9.64 Å². The first-order valence-electron chi connectivity index (χ1n) is 10.9. The van der Waals surface area contributed by atoms with Gasteiger partial charge in [0.15, 0.2) is 6.10 Å². The predicted molar refractivity (Wildman–Crippen MR) is 134 cm³/mol. The lowest BCUT2D eigenvalue weighted by atomic mass is 9.86. The first-order chi connectivity index (χ1) is 15.6. The molecule has 3 rings (SSSR count). The van der Waals surface area contributed by atoms with Gasteiger partial charge >= 0.3 is 5.97 Å². The van der Waals surface area contributed by atoms with Gasteiger partial charge in [0.1, 0.15) is 12.4 Å². The quantitative estimate of drug-likeness (QED) is 0.328. The number of aliphatic hydroxyl groups excluding tert-OH is 1. The van der Waals surface area contributed by atoms with Crippen LogP contribution in [-0.2, 0) is 4.79 Å². The zero-order chi connectivity index (χ0) is 24.2. The van der Waals surface area contributed by atoms with Gasteiger partial charge in [-0.05, 0) is 30.9 Å². The highest BCUT2D eigenvalue weighted by Crippen LogP contribution is 2.61. The van der Waals surface area contributed by atoms with Crippen molar-refractivity contribution in [3.8, 4) is 5.75 Å². The van der Waals surface area contributed by atoms with E-state index in [1.165, 1.54) is 11.8 Å². The molecule has 0 aliphatic carbocycles. The topological polar surface area (TPSA) is 110 Å². The fourth-order valence-corrected chi connectivity index (χ4v) is 6.90. The number of carboxylic acids is 1. The van der Waals surface area contributed by atoms with E-state index < -0.39 is 29.3 Å². The number of anilines is 2. The van der Waals surface area contributed by atoms with Crippen LogP contribution in [0, 0.1) is 5.41 Å². The van der Waals surface area contributed by atoms with Gasteiger partial charge in [-0.3, -0.25) is 9.11 Å². The summed E-state index contributed by atoms with van der Waals surface area (Å²) in [6.07, 6.45) is 3.07. The van der Waals surface area contributed by atoms with Crippen LogP contribution in [0.25, 0.3) is 0 Å². The van der Waals surface area contributed by atoms with Gasteiger partial charge in [-0.2, -0.15) is 10.6 Å². The van der Waals surface area contributed by atoms with Crippen molar-refractivity contribution >= 4 is 39.7 Å². The number of para-hydroxylation sites is 1. The van der Waals surface area contributed by atoms with Gasteiger partial charge in [0.05, 0.1) is 15.5 Å². The SMILES string of the molecule is CCCC[C@]1(C)CN(c2ccccc2)c2cc(SC)c(OC[C@@H](O)C(=O)O)cc2S(O)(O)C1. The molecule has 0 unspecified atom stereocenters. The van der Waals surface area contributed by atoms with Crippen LogP contribution in [0.2, 0.25) is 0 Å². The van der Waals surface area contributed by atoms with E-state index in [2.05, 4.69) is 18.7 Å². The van der Waals surface area contributed by atoms with Crippen molar-refractivity contribution in [1.82, 2.24) is 0 Å². The predicted octanol–water partition coefficient (Wildman–Crippen LogP) is 5.69. The Balaban J connectivity index is 2.13. The fourth-order valence-electron chi connectivity index (χ4n) is 4.18. The summed E-state index contributed by atoms with van der Waals surface area (Å²) in [6.45, 7) is 4.43. The molecular weight excluding hydrogens is 462 g/mol. The molecule has 0 fully saturated rings. The van der Waals surface area contributed by atoms with Crippen LogP contribution in [-0.4, -0.2) is 56.6 Å². The van der Waals surface area contributed by atoms with Crippen LogP contribution >= 0.6 is 22.4 Å². The summed E-state index contributed by atoms with van der Waals surface area (Å²) >= 11 is 1.41. The molecule has 182 valence electrons. The molecule has 0 radical (unpaired) electrons. The Labute approximate surface area is 201 Å². The Kier molecular flexibility index (Phi) is 8.23. The number of aliphatic carboxylic acids is 1. The fraction of sp³-hybridized carbons (Fsp3) is 0.458. The van der Waals surface area contributed by atoms with Crippen molar-refractivity contribution in [3.05, 3.63) is 42.5 Å². The van der Waals surface area contributed by atoms with Gasteiger partial charge in [-0.1, -0.05) is 44.9 Å². The third-order valence-corrected chi connectivity index (χ3v) is 8.75. The third-order valence-electron chi connectivity index (χ3n) is 5.86. The summed E-state index contributed by atoms with van der Waals surface area (Å²) in [5.74, 6) is -0.819. The Morgan fingerprint density at radius 3 is 2.58 bits per heavy atom. The smallest absolute Gasteiger partial charge is 0.336 e. The number of nitrogens with zero attached hydrogens (tertiary/aromatic N) is 1. The number of carboxylic acid groups (broad SMARTS) is 1. The summed E-state index contributed by atoms with van der Waals surface area (Å²) < 4.78 is 28.4. The second kappa shape index (κ2) is 10.6. The minimum absolute atomic E-state index is 0.228. The molecule has 0 amide bonds. The molecule has 9 heteroatoms. The maximum atomic E-state index is 11.4. The Bertz CT molecular complexity index is 971. The van der Waals surface area contributed by atoms with E-state index in [4.69, 9.17) is 9.84 Å². The van der Waals surface area contributed by atoms with Crippen LogP contribution in [0.3, 0.4) is 0 Å². The van der Waals surface area contributed by atoms with Crippen molar-refractivity contribution in [2.24, 2.45) is 5.41 Å². The average molecular weight is 496 g/mol. The molecule has 0 spiro atoms. The number of rotatable bonds is 9. The molecule has 1 aliphatic heterocycles. The second-order valence-electron chi connectivity index (χ2n) is 8.78. The average Bonchev–Trinajstić information content (AvgIpc) is 2.87. The molecule has 7 nitrogen and oxygen atoms in total. The Hall–Kier alpha value is -1.91. The molecule has 0 bridgehead atoms. The number of carbonyl (C=O) groups is 1. The van der Waals surface area contributed by atoms with E-state index >= 15 is 0 Å². The molecule has 2 aromatic rings. The van der Waals surface area contributed by atoms with E-state index in [0.717, 1.165) is 29.8 Å². The number of aliphatic hydroxyl groups is 1. The van der Waals surface area contributed by atoms with Gasteiger partial charge in [0, 0.05) is 29.5 Å². The van der Waals surface area contributed by atoms with Crippen molar-refractivity contribution in [2.45, 2.75) is 49.0 Å². The molecule has 4 N–H and O–H groups in total. The lowest BCUT2D eigenvalue weighted by Crippen LogP contribution is -2.35. The standard InChI is InChI=1S/C24H33NO6S2/c1-4-5-11-24(2)15-25(17-9-7-6-8-10-17)18-12-21(32-3)20(31-14-19(26)23(27)28)13-22(18)33(29,30)16-24/h6-10,12-13,19,26,29-30H,4-5,11,14-16H2,1-3H3,(H,27,28)/t19-,24-/m1/s1. The van der Waals surface area contributed by atoms with Gasteiger partial charge in [0.2, 0.25) is 0 Å². The molecule has 1 aliphatic rings. The largest absolute Gasteiger partial charge is 0.489 e. The van der Waals surface area contributed by atoms with Crippen molar-refractivity contribution in [3.63, 3.8) is 0 Å². The molecule has 2 aromatic carbocycles. The normalized spacial score (nSPS) is 21.6. The summed E-state index contributed by atoms with van der Waals surface area (Å²) in [7, 11) is -3.17. The van der Waals surface area contributed by atoms with Gasteiger partial charge in [0.25, 0.3) is 0 Å². The Morgan fingerprint density at radius 2 is 1.97 bits per heavy atom. The molecule has 0 saturated carbocycles. The highest BCUT2D eigenvalue weighted by molar-refractivity contribution is 8.24. The van der Waals surface area contributed by atoms with Crippen LogP contribution in [0.5, 0.6) is 5.75 Å². The minimum Gasteiger partial charge on any atom is -0.489 e. The Morgan fingerprint density at radius 1 is 1.27 bits per heavy atom. The molecule has 0 saturated heterocycles. The summed E-state index contributed by atoms with van der Waals surface area (Å²) in [6, 6.07) is 13.4. The first kappa shape index (κ1) is 25.7. The van der Waals surface area contributed by atoms with E-state index in [1.807, 2.05) is 42.7 Å². The van der Waals surface area contributed by atoms with Crippen molar-refractivity contribution in [2.75, 3.05) is 30.1 Å². The molecule has 2 atom stereocenters. The van der Waals surface area contributed by atoms with E-state index in [0.29, 0.717) is 22.9 Å². The van der Waals surface area contributed by atoms with E-state index in [9.17, 15) is 19.0 Å². The number of hydrogen-bond donors (Lipinski definition) is 4. The van der Waals surface area contributed by atoms with E-state index in [1.54, 1.807) is 6.07 Å². The number of thioether (sulfide) groups is 1. The minimum atomic E-state index is -3.17. The monoisotopic (exact) mass is 495 g/mol. The molecule has 1 heterocycles.